The lowest BCUT2D eigenvalue weighted by atomic mass is 10.3. The molecule has 1 rings (SSSR count). The Labute approximate surface area is 66.1 Å². The second kappa shape index (κ2) is 3.74. The van der Waals surface area contributed by atoms with Crippen molar-refractivity contribution in [3.63, 3.8) is 0 Å². The molecule has 0 saturated heterocycles. The van der Waals surface area contributed by atoms with E-state index in [1.165, 1.54) is 4.88 Å². The number of thiophene rings is 1. The van der Waals surface area contributed by atoms with Crippen LogP contribution in [0.5, 0.6) is 0 Å². The van der Waals surface area contributed by atoms with Gasteiger partial charge in [0.25, 0.3) is 0 Å². The zero-order valence-electron chi connectivity index (χ0n) is 6.42. The summed E-state index contributed by atoms with van der Waals surface area (Å²) in [5.74, 6) is 0. The molecule has 1 nitrogen and oxygen atoms in total. The van der Waals surface area contributed by atoms with Gasteiger partial charge in [-0.25, -0.2) is 0 Å². The molecule has 0 amide bonds. The molecular weight excluding hydrogens is 142 g/mol. The fourth-order valence-electron chi connectivity index (χ4n) is 0.944. The number of hydrogen-bond donors (Lipinski definition) is 1. The molecule has 1 atom stereocenters. The highest BCUT2D eigenvalue weighted by atomic mass is 32.1. The molecule has 10 heavy (non-hydrogen) atoms. The van der Waals surface area contributed by atoms with Gasteiger partial charge in [0.15, 0.2) is 0 Å². The minimum Gasteiger partial charge on any atom is -0.310 e. The van der Waals surface area contributed by atoms with Gasteiger partial charge in [-0.3, -0.25) is 0 Å². The highest BCUT2D eigenvalue weighted by molar-refractivity contribution is 7.10. The topological polar surface area (TPSA) is 12.0 Å². The second-order valence-corrected chi connectivity index (χ2v) is 3.27. The molecule has 1 aromatic heterocycles. The van der Waals surface area contributed by atoms with Crippen LogP contribution in [0.25, 0.3) is 0 Å². The minimum atomic E-state index is 0.519. The Bertz CT molecular complexity index is 169. The van der Waals surface area contributed by atoms with Crippen molar-refractivity contribution in [3.8, 4) is 0 Å². The fraction of sp³-hybridized carbons (Fsp3) is 0.500. The number of hydrogen-bond acceptors (Lipinski definition) is 2. The Morgan fingerprint density at radius 3 is 3.00 bits per heavy atom. The number of nitrogens with one attached hydrogen (secondary N) is 1. The van der Waals surface area contributed by atoms with E-state index in [2.05, 4.69) is 36.7 Å². The van der Waals surface area contributed by atoms with Gasteiger partial charge in [0.2, 0.25) is 0 Å². The maximum absolute atomic E-state index is 3.36. The van der Waals surface area contributed by atoms with Gasteiger partial charge in [-0.05, 0) is 24.9 Å². The van der Waals surface area contributed by atoms with E-state index in [4.69, 9.17) is 0 Å². The summed E-state index contributed by atoms with van der Waals surface area (Å²) in [5, 5.41) is 5.47. The van der Waals surface area contributed by atoms with Crippen LogP contribution in [0.3, 0.4) is 0 Å². The summed E-state index contributed by atoms with van der Waals surface area (Å²) in [5.41, 5.74) is 0. The van der Waals surface area contributed by atoms with Gasteiger partial charge in [-0.15, -0.1) is 11.3 Å². The SMILES string of the molecule is CCN[C@H](C)c1cccs1. The molecule has 0 saturated carbocycles. The first-order valence-electron chi connectivity index (χ1n) is 3.61. The number of rotatable bonds is 3. The summed E-state index contributed by atoms with van der Waals surface area (Å²) in [6.07, 6.45) is 0. The van der Waals surface area contributed by atoms with Crippen molar-refractivity contribution in [2.45, 2.75) is 19.9 Å². The van der Waals surface area contributed by atoms with E-state index in [-0.39, 0.29) is 0 Å². The smallest absolute Gasteiger partial charge is 0.0385 e. The third-order valence-corrected chi connectivity index (χ3v) is 2.54. The van der Waals surface area contributed by atoms with Gasteiger partial charge < -0.3 is 5.32 Å². The normalized spacial score (nSPS) is 13.4. The molecule has 0 aliphatic rings. The average molecular weight is 155 g/mol. The van der Waals surface area contributed by atoms with E-state index in [0.29, 0.717) is 6.04 Å². The second-order valence-electron chi connectivity index (χ2n) is 2.29. The summed E-state index contributed by atoms with van der Waals surface area (Å²) in [6, 6.07) is 4.77. The molecule has 0 bridgehead atoms. The molecule has 0 aliphatic heterocycles. The first-order chi connectivity index (χ1) is 4.84. The van der Waals surface area contributed by atoms with Crippen LogP contribution in [0, 0.1) is 0 Å². The van der Waals surface area contributed by atoms with Gasteiger partial charge >= 0.3 is 0 Å². The van der Waals surface area contributed by atoms with Crippen LogP contribution in [0.15, 0.2) is 17.5 Å². The summed E-state index contributed by atoms with van der Waals surface area (Å²) in [6.45, 7) is 5.36. The third-order valence-electron chi connectivity index (χ3n) is 1.48. The maximum Gasteiger partial charge on any atom is 0.0385 e. The van der Waals surface area contributed by atoms with Gasteiger partial charge in [-0.2, -0.15) is 0 Å². The zero-order chi connectivity index (χ0) is 7.40. The molecule has 2 heteroatoms. The molecule has 0 unspecified atom stereocenters. The molecule has 0 aliphatic carbocycles. The summed E-state index contributed by atoms with van der Waals surface area (Å²) >= 11 is 1.81. The van der Waals surface area contributed by atoms with Gasteiger partial charge in [0, 0.05) is 10.9 Å². The van der Waals surface area contributed by atoms with E-state index >= 15 is 0 Å². The Kier molecular flexibility index (Phi) is 2.90. The van der Waals surface area contributed by atoms with E-state index in [1.54, 1.807) is 0 Å². The molecule has 0 fully saturated rings. The minimum absolute atomic E-state index is 0.519. The average Bonchev–Trinajstić information content (AvgIpc) is 2.38. The van der Waals surface area contributed by atoms with Crippen molar-refractivity contribution in [1.82, 2.24) is 5.32 Å². The van der Waals surface area contributed by atoms with Crippen LogP contribution in [-0.4, -0.2) is 6.54 Å². The molecule has 56 valence electrons. The standard InChI is InChI=1S/C8H13NS/c1-3-9-7(2)8-5-4-6-10-8/h4-7,9H,3H2,1-2H3/t7-/m1/s1. The van der Waals surface area contributed by atoms with Gasteiger partial charge in [-0.1, -0.05) is 13.0 Å². The van der Waals surface area contributed by atoms with Crippen molar-refractivity contribution in [2.24, 2.45) is 0 Å². The van der Waals surface area contributed by atoms with Crippen molar-refractivity contribution in [2.75, 3.05) is 6.54 Å². The lowest BCUT2D eigenvalue weighted by Crippen LogP contribution is -2.16. The van der Waals surface area contributed by atoms with E-state index in [0.717, 1.165) is 6.54 Å². The molecule has 0 aromatic carbocycles. The van der Waals surface area contributed by atoms with Gasteiger partial charge in [0.05, 0.1) is 0 Å². The third kappa shape index (κ3) is 1.82. The zero-order valence-corrected chi connectivity index (χ0v) is 7.24. The first kappa shape index (κ1) is 7.76. The van der Waals surface area contributed by atoms with Crippen molar-refractivity contribution in [3.05, 3.63) is 22.4 Å². The van der Waals surface area contributed by atoms with Crippen LogP contribution in [0.2, 0.25) is 0 Å². The van der Waals surface area contributed by atoms with E-state index in [1.807, 2.05) is 11.3 Å². The highest BCUT2D eigenvalue weighted by Crippen LogP contribution is 2.17. The van der Waals surface area contributed by atoms with Crippen molar-refractivity contribution < 1.29 is 0 Å². The molecular formula is C8H13NS. The molecule has 0 radical (unpaired) electrons. The summed E-state index contributed by atoms with van der Waals surface area (Å²) < 4.78 is 0. The van der Waals surface area contributed by atoms with Crippen LogP contribution < -0.4 is 5.32 Å². The predicted molar refractivity (Wildman–Crippen MR) is 46.4 cm³/mol. The monoisotopic (exact) mass is 155 g/mol. The first-order valence-corrected chi connectivity index (χ1v) is 4.49. The van der Waals surface area contributed by atoms with Crippen LogP contribution in [-0.2, 0) is 0 Å². The molecule has 1 N–H and O–H groups in total. The Morgan fingerprint density at radius 2 is 2.50 bits per heavy atom. The molecule has 1 heterocycles. The summed E-state index contributed by atoms with van der Waals surface area (Å²) in [4.78, 5) is 1.42. The van der Waals surface area contributed by atoms with Crippen LogP contribution in [0.1, 0.15) is 24.8 Å². The van der Waals surface area contributed by atoms with Crippen LogP contribution in [0.4, 0.5) is 0 Å². The predicted octanol–water partition coefficient (Wildman–Crippen LogP) is 2.42. The van der Waals surface area contributed by atoms with E-state index in [9.17, 15) is 0 Å². The Balaban J connectivity index is 2.50. The van der Waals surface area contributed by atoms with Gasteiger partial charge in [0.1, 0.15) is 0 Å². The lowest BCUT2D eigenvalue weighted by molar-refractivity contribution is 0.607. The van der Waals surface area contributed by atoms with Crippen molar-refractivity contribution in [1.29, 1.82) is 0 Å². The Morgan fingerprint density at radius 1 is 1.70 bits per heavy atom. The maximum atomic E-state index is 3.36. The fourth-order valence-corrected chi connectivity index (χ4v) is 1.70. The van der Waals surface area contributed by atoms with Crippen LogP contribution >= 0.6 is 11.3 Å². The highest BCUT2D eigenvalue weighted by Gasteiger charge is 2.01. The van der Waals surface area contributed by atoms with Crippen molar-refractivity contribution >= 4 is 11.3 Å². The summed E-state index contributed by atoms with van der Waals surface area (Å²) in [7, 11) is 0. The largest absolute Gasteiger partial charge is 0.310 e. The Hall–Kier alpha value is -0.340. The van der Waals surface area contributed by atoms with E-state index < -0.39 is 0 Å². The molecule has 1 aromatic rings. The lowest BCUT2D eigenvalue weighted by Gasteiger charge is -2.08. The quantitative estimate of drug-likeness (QED) is 0.707. The molecule has 0 spiro atoms.